The summed E-state index contributed by atoms with van der Waals surface area (Å²) in [5.41, 5.74) is 7.93. The zero-order valence-electron chi connectivity index (χ0n) is 9.81. The van der Waals surface area contributed by atoms with E-state index in [4.69, 9.17) is 11.0 Å². The zero-order valence-corrected chi connectivity index (χ0v) is 9.81. The molecule has 1 amide bonds. The van der Waals surface area contributed by atoms with Crippen LogP contribution in [0, 0.1) is 24.2 Å². The fourth-order valence-electron chi connectivity index (χ4n) is 2.23. The molecule has 0 aliphatic carbocycles. The van der Waals surface area contributed by atoms with E-state index < -0.39 is 0 Å². The molecule has 0 radical (unpaired) electrons. The average Bonchev–Trinajstić information content (AvgIpc) is 2.78. The van der Waals surface area contributed by atoms with Crippen LogP contribution in [0.1, 0.15) is 17.5 Å². The summed E-state index contributed by atoms with van der Waals surface area (Å²) in [7, 11) is 0. The summed E-state index contributed by atoms with van der Waals surface area (Å²) in [5, 5.41) is 9.11. The summed E-state index contributed by atoms with van der Waals surface area (Å²) in [6.45, 7) is 3.36. The second kappa shape index (κ2) is 4.46. The number of nitriles is 1. The molecule has 0 spiro atoms. The summed E-state index contributed by atoms with van der Waals surface area (Å²) in [6.07, 6.45) is 0.772. The van der Waals surface area contributed by atoms with Gasteiger partial charge in [-0.25, -0.2) is 0 Å². The topological polar surface area (TPSA) is 70.1 Å². The first kappa shape index (κ1) is 11.5. The van der Waals surface area contributed by atoms with Gasteiger partial charge in [0.2, 0.25) is 5.91 Å². The molecular formula is C13H15N3O. The monoisotopic (exact) mass is 229 g/mol. The van der Waals surface area contributed by atoms with Crippen LogP contribution in [-0.4, -0.2) is 19.0 Å². The van der Waals surface area contributed by atoms with Crippen molar-refractivity contribution >= 4 is 11.6 Å². The van der Waals surface area contributed by atoms with E-state index in [0.29, 0.717) is 12.1 Å². The van der Waals surface area contributed by atoms with Crippen LogP contribution in [0.3, 0.4) is 0 Å². The molecule has 1 atom stereocenters. The minimum absolute atomic E-state index is 0.0946. The fraction of sp³-hybridized carbons (Fsp3) is 0.385. The quantitative estimate of drug-likeness (QED) is 0.827. The highest BCUT2D eigenvalue weighted by atomic mass is 16.1. The summed E-state index contributed by atoms with van der Waals surface area (Å²) in [5.74, 6) is -0.346. The number of rotatable bonds is 2. The van der Waals surface area contributed by atoms with E-state index in [2.05, 4.69) is 11.0 Å². The Bertz CT molecular complexity index is 490. The largest absolute Gasteiger partial charge is 0.370 e. The second-order valence-electron chi connectivity index (χ2n) is 4.47. The highest BCUT2D eigenvalue weighted by Crippen LogP contribution is 2.27. The lowest BCUT2D eigenvalue weighted by Gasteiger charge is -2.19. The summed E-state index contributed by atoms with van der Waals surface area (Å²) in [4.78, 5) is 13.2. The number of carbonyl (C=O) groups is 1. The van der Waals surface area contributed by atoms with E-state index in [1.165, 1.54) is 0 Å². The Morgan fingerprint density at radius 2 is 2.35 bits per heavy atom. The van der Waals surface area contributed by atoms with Gasteiger partial charge in [0.25, 0.3) is 0 Å². The molecule has 2 N–H and O–H groups in total. The van der Waals surface area contributed by atoms with Gasteiger partial charge < -0.3 is 10.6 Å². The fourth-order valence-corrected chi connectivity index (χ4v) is 2.23. The van der Waals surface area contributed by atoms with Crippen molar-refractivity contribution in [3.05, 3.63) is 29.3 Å². The van der Waals surface area contributed by atoms with Crippen LogP contribution in [0.25, 0.3) is 0 Å². The third-order valence-electron chi connectivity index (χ3n) is 3.20. The molecule has 88 valence electrons. The molecule has 1 heterocycles. The van der Waals surface area contributed by atoms with Gasteiger partial charge in [-0.05, 0) is 31.0 Å². The van der Waals surface area contributed by atoms with Crippen LogP contribution in [0.15, 0.2) is 18.2 Å². The summed E-state index contributed by atoms with van der Waals surface area (Å²) >= 11 is 0. The Morgan fingerprint density at radius 1 is 1.59 bits per heavy atom. The van der Waals surface area contributed by atoms with Crippen molar-refractivity contribution in [3.63, 3.8) is 0 Å². The predicted molar refractivity (Wildman–Crippen MR) is 65.4 cm³/mol. The molecule has 1 aromatic rings. The Kier molecular flexibility index (Phi) is 3.01. The Morgan fingerprint density at radius 3 is 2.94 bits per heavy atom. The zero-order chi connectivity index (χ0) is 12.4. The number of amides is 1. The maximum atomic E-state index is 11.1. The molecule has 1 fully saturated rings. The number of aryl methyl sites for hydroxylation is 1. The van der Waals surface area contributed by atoms with Crippen molar-refractivity contribution < 1.29 is 4.79 Å². The minimum Gasteiger partial charge on any atom is -0.370 e. The highest BCUT2D eigenvalue weighted by Gasteiger charge is 2.27. The number of primary amides is 1. The first-order valence-corrected chi connectivity index (χ1v) is 5.67. The number of carbonyl (C=O) groups excluding carboxylic acids is 1. The lowest BCUT2D eigenvalue weighted by Crippen LogP contribution is -2.27. The van der Waals surface area contributed by atoms with Gasteiger partial charge in [0, 0.05) is 13.1 Å². The molecular weight excluding hydrogens is 214 g/mol. The standard InChI is InChI=1S/C13H15N3O/c1-9-2-3-12(11(6-9)7-14)16-5-4-10(8-16)13(15)17/h2-3,6,10H,4-5,8H2,1H3,(H2,15,17). The summed E-state index contributed by atoms with van der Waals surface area (Å²) < 4.78 is 0. The van der Waals surface area contributed by atoms with Crippen molar-refractivity contribution in [2.24, 2.45) is 11.7 Å². The van der Waals surface area contributed by atoms with Crippen LogP contribution >= 0.6 is 0 Å². The van der Waals surface area contributed by atoms with Crippen molar-refractivity contribution in [2.75, 3.05) is 18.0 Å². The van der Waals surface area contributed by atoms with Gasteiger partial charge in [0.1, 0.15) is 6.07 Å². The molecule has 0 aromatic heterocycles. The van der Waals surface area contributed by atoms with Crippen molar-refractivity contribution in [3.8, 4) is 6.07 Å². The van der Waals surface area contributed by atoms with E-state index in [-0.39, 0.29) is 11.8 Å². The third-order valence-corrected chi connectivity index (χ3v) is 3.20. The predicted octanol–water partition coefficient (Wildman–Crippen LogP) is 1.18. The normalized spacial score (nSPS) is 19.1. The molecule has 17 heavy (non-hydrogen) atoms. The van der Waals surface area contributed by atoms with Crippen LogP contribution in [-0.2, 0) is 4.79 Å². The van der Waals surface area contributed by atoms with Crippen molar-refractivity contribution in [1.82, 2.24) is 0 Å². The molecule has 0 bridgehead atoms. The number of anilines is 1. The molecule has 4 nitrogen and oxygen atoms in total. The van der Waals surface area contributed by atoms with Gasteiger partial charge in [-0.1, -0.05) is 6.07 Å². The molecule has 1 aliphatic rings. The number of hydrogen-bond donors (Lipinski definition) is 1. The van der Waals surface area contributed by atoms with E-state index >= 15 is 0 Å². The number of hydrogen-bond acceptors (Lipinski definition) is 3. The van der Waals surface area contributed by atoms with Gasteiger partial charge in [-0.2, -0.15) is 5.26 Å². The number of benzene rings is 1. The third kappa shape index (κ3) is 2.23. The van der Waals surface area contributed by atoms with E-state index in [1.54, 1.807) is 0 Å². The van der Waals surface area contributed by atoms with Crippen LogP contribution in [0.5, 0.6) is 0 Å². The lowest BCUT2D eigenvalue weighted by atomic mass is 10.1. The van der Waals surface area contributed by atoms with Gasteiger partial charge in [0.05, 0.1) is 17.2 Å². The van der Waals surface area contributed by atoms with Crippen molar-refractivity contribution in [2.45, 2.75) is 13.3 Å². The number of nitrogens with zero attached hydrogens (tertiary/aromatic N) is 2. The number of nitrogens with two attached hydrogens (primary N) is 1. The second-order valence-corrected chi connectivity index (χ2v) is 4.47. The van der Waals surface area contributed by atoms with E-state index in [0.717, 1.165) is 24.2 Å². The Balaban J connectivity index is 2.25. The first-order chi connectivity index (χ1) is 8.11. The smallest absolute Gasteiger partial charge is 0.222 e. The van der Waals surface area contributed by atoms with Gasteiger partial charge in [-0.15, -0.1) is 0 Å². The minimum atomic E-state index is -0.252. The van der Waals surface area contributed by atoms with Gasteiger partial charge in [-0.3, -0.25) is 4.79 Å². The first-order valence-electron chi connectivity index (χ1n) is 5.67. The molecule has 1 aliphatic heterocycles. The van der Waals surface area contributed by atoms with E-state index in [1.807, 2.05) is 25.1 Å². The van der Waals surface area contributed by atoms with Gasteiger partial charge >= 0.3 is 0 Å². The Hall–Kier alpha value is -2.02. The highest BCUT2D eigenvalue weighted by molar-refractivity contribution is 5.78. The molecule has 4 heteroatoms. The van der Waals surface area contributed by atoms with E-state index in [9.17, 15) is 4.79 Å². The lowest BCUT2D eigenvalue weighted by molar-refractivity contribution is -0.121. The molecule has 2 rings (SSSR count). The summed E-state index contributed by atoms with van der Waals surface area (Å²) in [6, 6.07) is 7.99. The molecule has 1 unspecified atom stereocenters. The maximum absolute atomic E-state index is 11.1. The maximum Gasteiger partial charge on any atom is 0.222 e. The average molecular weight is 229 g/mol. The Labute approximate surface area is 101 Å². The molecule has 0 saturated carbocycles. The molecule has 1 aromatic carbocycles. The van der Waals surface area contributed by atoms with Crippen LogP contribution < -0.4 is 10.6 Å². The van der Waals surface area contributed by atoms with Crippen molar-refractivity contribution in [1.29, 1.82) is 5.26 Å². The SMILES string of the molecule is Cc1ccc(N2CCC(C(N)=O)C2)c(C#N)c1. The van der Waals surface area contributed by atoms with Crippen LogP contribution in [0.2, 0.25) is 0 Å². The molecule has 1 saturated heterocycles. The van der Waals surface area contributed by atoms with Crippen LogP contribution in [0.4, 0.5) is 5.69 Å². The van der Waals surface area contributed by atoms with Gasteiger partial charge in [0.15, 0.2) is 0 Å².